The maximum absolute atomic E-state index is 12.3. The molecule has 0 aliphatic carbocycles. The molecule has 1 aromatic carbocycles. The van der Waals surface area contributed by atoms with E-state index in [2.05, 4.69) is 4.98 Å². The van der Waals surface area contributed by atoms with Gasteiger partial charge in [-0.25, -0.2) is 13.8 Å². The highest BCUT2D eigenvalue weighted by Crippen LogP contribution is 2.23. The van der Waals surface area contributed by atoms with E-state index in [1.165, 1.54) is 18.2 Å². The van der Waals surface area contributed by atoms with Crippen molar-refractivity contribution in [3.05, 3.63) is 29.7 Å². The lowest BCUT2D eigenvalue weighted by Crippen LogP contribution is -1.82. The molecule has 0 aliphatic heterocycles. The number of hydrogen-bond donors (Lipinski definition) is 0. The summed E-state index contributed by atoms with van der Waals surface area (Å²) < 4.78 is 29.9. The predicted molar refractivity (Wildman–Crippen MR) is 48.3 cm³/mol. The molecule has 0 spiro atoms. The van der Waals surface area contributed by atoms with Crippen LogP contribution in [0.3, 0.4) is 0 Å². The molecule has 0 saturated carbocycles. The summed E-state index contributed by atoms with van der Waals surface area (Å²) in [6.45, 7) is 1.90. The third kappa shape index (κ3) is 1.47. The van der Waals surface area contributed by atoms with Gasteiger partial charge in [0.15, 0.2) is 11.5 Å². The average Bonchev–Trinajstić information content (AvgIpc) is 2.58. The summed E-state index contributed by atoms with van der Waals surface area (Å²) >= 11 is 0. The monoisotopic (exact) mass is 197 g/mol. The van der Waals surface area contributed by atoms with E-state index in [-0.39, 0.29) is 5.56 Å². The number of alkyl halides is 2. The summed E-state index contributed by atoms with van der Waals surface area (Å²) in [5, 5.41) is 0. The van der Waals surface area contributed by atoms with Crippen molar-refractivity contribution < 1.29 is 13.2 Å². The van der Waals surface area contributed by atoms with Gasteiger partial charge < -0.3 is 4.42 Å². The first kappa shape index (κ1) is 9.12. The second kappa shape index (κ2) is 3.36. The van der Waals surface area contributed by atoms with Gasteiger partial charge in [0.1, 0.15) is 5.52 Å². The molecule has 1 aromatic heterocycles. The smallest absolute Gasteiger partial charge is 0.263 e. The van der Waals surface area contributed by atoms with E-state index in [0.29, 0.717) is 23.4 Å². The molecule has 0 amide bonds. The highest BCUT2D eigenvalue weighted by Gasteiger charge is 2.10. The predicted octanol–water partition coefficient (Wildman–Crippen LogP) is 3.33. The van der Waals surface area contributed by atoms with Crippen LogP contribution in [0, 0.1) is 0 Å². The van der Waals surface area contributed by atoms with E-state index in [9.17, 15) is 8.78 Å². The molecule has 0 fully saturated rings. The van der Waals surface area contributed by atoms with Crippen molar-refractivity contribution in [2.75, 3.05) is 0 Å². The zero-order valence-corrected chi connectivity index (χ0v) is 7.63. The van der Waals surface area contributed by atoms with Crippen LogP contribution in [0.2, 0.25) is 0 Å². The van der Waals surface area contributed by atoms with Crippen LogP contribution in [0.1, 0.15) is 24.8 Å². The van der Waals surface area contributed by atoms with E-state index in [1.54, 1.807) is 0 Å². The highest BCUT2D eigenvalue weighted by atomic mass is 19.3. The number of fused-ring (bicyclic) bond motifs is 1. The zero-order valence-electron chi connectivity index (χ0n) is 7.63. The third-order valence-corrected chi connectivity index (χ3v) is 2.01. The molecule has 14 heavy (non-hydrogen) atoms. The van der Waals surface area contributed by atoms with Crippen LogP contribution in [-0.2, 0) is 6.42 Å². The lowest BCUT2D eigenvalue weighted by Gasteiger charge is -1.96. The Morgan fingerprint density at radius 1 is 1.43 bits per heavy atom. The Balaban J connectivity index is 2.54. The lowest BCUT2D eigenvalue weighted by atomic mass is 10.2. The van der Waals surface area contributed by atoms with Crippen LogP contribution in [0.5, 0.6) is 0 Å². The topological polar surface area (TPSA) is 26.0 Å². The van der Waals surface area contributed by atoms with Gasteiger partial charge in [-0.1, -0.05) is 6.92 Å². The Morgan fingerprint density at radius 3 is 2.86 bits per heavy atom. The molecule has 0 radical (unpaired) electrons. The van der Waals surface area contributed by atoms with Gasteiger partial charge in [0.05, 0.1) is 0 Å². The fourth-order valence-electron chi connectivity index (χ4n) is 1.28. The van der Waals surface area contributed by atoms with Crippen molar-refractivity contribution in [2.24, 2.45) is 0 Å². The van der Waals surface area contributed by atoms with Gasteiger partial charge in [-0.15, -0.1) is 0 Å². The van der Waals surface area contributed by atoms with Gasteiger partial charge in [-0.05, 0) is 18.2 Å². The Morgan fingerprint density at radius 2 is 2.21 bits per heavy atom. The number of nitrogens with zero attached hydrogens (tertiary/aromatic N) is 1. The fourth-order valence-corrected chi connectivity index (χ4v) is 1.28. The Bertz CT molecular complexity index is 450. The number of hydrogen-bond acceptors (Lipinski definition) is 2. The Labute approximate surface area is 79.6 Å². The summed E-state index contributed by atoms with van der Waals surface area (Å²) in [4.78, 5) is 4.07. The Hall–Kier alpha value is -1.45. The van der Waals surface area contributed by atoms with Crippen LogP contribution in [0.25, 0.3) is 11.1 Å². The molecule has 0 saturated heterocycles. The first-order valence-electron chi connectivity index (χ1n) is 4.38. The molecule has 2 nitrogen and oxygen atoms in total. The quantitative estimate of drug-likeness (QED) is 0.738. The SMILES string of the molecule is CCc1nc2cc(C(F)F)ccc2o1. The second-order valence-electron chi connectivity index (χ2n) is 2.99. The molecule has 0 unspecified atom stereocenters. The standard InChI is InChI=1S/C10H9F2NO/c1-2-9-13-7-5-6(10(11)12)3-4-8(7)14-9/h3-5,10H,2H2,1H3. The second-order valence-corrected chi connectivity index (χ2v) is 2.99. The summed E-state index contributed by atoms with van der Waals surface area (Å²) in [5.74, 6) is 0.575. The third-order valence-electron chi connectivity index (χ3n) is 2.01. The normalized spacial score (nSPS) is 11.4. The minimum absolute atomic E-state index is 0.0200. The minimum Gasteiger partial charge on any atom is -0.441 e. The number of aromatic nitrogens is 1. The number of halogens is 2. The minimum atomic E-state index is -2.46. The van der Waals surface area contributed by atoms with Crippen LogP contribution >= 0.6 is 0 Å². The van der Waals surface area contributed by atoms with Crippen LogP contribution in [0.4, 0.5) is 8.78 Å². The first-order chi connectivity index (χ1) is 6.70. The van der Waals surface area contributed by atoms with Gasteiger partial charge >= 0.3 is 0 Å². The molecule has 0 bridgehead atoms. The lowest BCUT2D eigenvalue weighted by molar-refractivity contribution is 0.151. The van der Waals surface area contributed by atoms with Crippen LogP contribution in [-0.4, -0.2) is 4.98 Å². The maximum atomic E-state index is 12.3. The van der Waals surface area contributed by atoms with Gasteiger partial charge in [-0.3, -0.25) is 0 Å². The molecular formula is C10H9F2NO. The number of benzene rings is 1. The fraction of sp³-hybridized carbons (Fsp3) is 0.300. The van der Waals surface area contributed by atoms with Crippen molar-refractivity contribution >= 4 is 11.1 Å². The summed E-state index contributed by atoms with van der Waals surface area (Å²) in [6.07, 6.45) is -1.79. The molecule has 1 heterocycles. The largest absolute Gasteiger partial charge is 0.441 e. The average molecular weight is 197 g/mol. The molecule has 0 atom stereocenters. The van der Waals surface area contributed by atoms with E-state index in [1.807, 2.05) is 6.92 Å². The molecule has 2 rings (SSSR count). The van der Waals surface area contributed by atoms with Crippen LogP contribution < -0.4 is 0 Å². The van der Waals surface area contributed by atoms with Gasteiger partial charge in [0.2, 0.25) is 0 Å². The molecule has 2 aromatic rings. The Kier molecular flexibility index (Phi) is 2.19. The number of rotatable bonds is 2. The van der Waals surface area contributed by atoms with E-state index < -0.39 is 6.43 Å². The zero-order chi connectivity index (χ0) is 10.1. The van der Waals surface area contributed by atoms with Crippen molar-refractivity contribution in [3.8, 4) is 0 Å². The van der Waals surface area contributed by atoms with Gasteiger partial charge in [0.25, 0.3) is 6.43 Å². The van der Waals surface area contributed by atoms with Gasteiger partial charge in [0, 0.05) is 12.0 Å². The van der Waals surface area contributed by atoms with E-state index >= 15 is 0 Å². The van der Waals surface area contributed by atoms with E-state index in [0.717, 1.165) is 0 Å². The first-order valence-corrected chi connectivity index (χ1v) is 4.38. The molecule has 74 valence electrons. The number of aryl methyl sites for hydroxylation is 1. The maximum Gasteiger partial charge on any atom is 0.263 e. The molecule has 0 aliphatic rings. The van der Waals surface area contributed by atoms with Crippen molar-refractivity contribution in [1.82, 2.24) is 4.98 Å². The number of oxazole rings is 1. The van der Waals surface area contributed by atoms with E-state index in [4.69, 9.17) is 4.42 Å². The summed E-state index contributed by atoms with van der Waals surface area (Å²) in [5.41, 5.74) is 1.04. The molecular weight excluding hydrogens is 188 g/mol. The van der Waals surface area contributed by atoms with Crippen LogP contribution in [0.15, 0.2) is 22.6 Å². The summed E-state index contributed by atoms with van der Waals surface area (Å²) in [6, 6.07) is 4.25. The summed E-state index contributed by atoms with van der Waals surface area (Å²) in [7, 11) is 0. The van der Waals surface area contributed by atoms with Crippen molar-refractivity contribution in [3.63, 3.8) is 0 Å². The van der Waals surface area contributed by atoms with Crippen molar-refractivity contribution in [1.29, 1.82) is 0 Å². The van der Waals surface area contributed by atoms with Gasteiger partial charge in [-0.2, -0.15) is 0 Å². The molecule has 0 N–H and O–H groups in total. The highest BCUT2D eigenvalue weighted by molar-refractivity contribution is 5.73. The molecule has 4 heteroatoms. The van der Waals surface area contributed by atoms with Crippen molar-refractivity contribution in [2.45, 2.75) is 19.8 Å².